The fraction of sp³-hybridized carbons (Fsp3) is 0.231. The van der Waals surface area contributed by atoms with E-state index in [0.29, 0.717) is 18.6 Å². The van der Waals surface area contributed by atoms with Gasteiger partial charge in [-0.2, -0.15) is 0 Å². The van der Waals surface area contributed by atoms with E-state index in [-0.39, 0.29) is 18.4 Å². The van der Waals surface area contributed by atoms with Crippen molar-refractivity contribution in [2.24, 2.45) is 0 Å². The van der Waals surface area contributed by atoms with Gasteiger partial charge in [0.15, 0.2) is 0 Å². The number of aliphatic carboxylic acids is 1. The lowest BCUT2D eigenvalue weighted by molar-refractivity contribution is -0.136. The van der Waals surface area contributed by atoms with Gasteiger partial charge in [-0.05, 0) is 60.4 Å². The molecule has 0 saturated heterocycles. The predicted molar refractivity (Wildman–Crippen MR) is 120 cm³/mol. The fourth-order valence-corrected chi connectivity index (χ4v) is 4.11. The third-order valence-corrected chi connectivity index (χ3v) is 5.61. The molecule has 1 heterocycles. The highest BCUT2D eigenvalue weighted by Gasteiger charge is 2.33. The van der Waals surface area contributed by atoms with Gasteiger partial charge in [0.1, 0.15) is 5.75 Å². The Morgan fingerprint density at radius 3 is 2.45 bits per heavy atom. The number of ether oxygens (including phenoxy) is 1. The van der Waals surface area contributed by atoms with E-state index in [1.165, 1.54) is 5.56 Å². The van der Waals surface area contributed by atoms with Crippen molar-refractivity contribution < 1.29 is 19.4 Å². The fourth-order valence-electron chi connectivity index (χ4n) is 4.11. The molecule has 1 unspecified atom stereocenters. The molecule has 1 aliphatic heterocycles. The highest BCUT2D eigenvalue weighted by atomic mass is 16.5. The zero-order valence-corrected chi connectivity index (χ0v) is 17.5. The molecule has 0 radical (unpaired) electrons. The average molecular weight is 415 g/mol. The maximum atomic E-state index is 13.2. The summed E-state index contributed by atoms with van der Waals surface area (Å²) in [6.07, 6.45) is 1.44. The zero-order valence-electron chi connectivity index (χ0n) is 17.5. The smallest absolute Gasteiger partial charge is 0.307 e. The van der Waals surface area contributed by atoms with E-state index in [2.05, 4.69) is 12.1 Å². The Balaban J connectivity index is 1.45. The molecule has 5 heteroatoms. The molecule has 5 nitrogen and oxygen atoms in total. The van der Waals surface area contributed by atoms with Crippen LogP contribution in [0.2, 0.25) is 0 Å². The Labute approximate surface area is 181 Å². The van der Waals surface area contributed by atoms with Crippen LogP contribution >= 0.6 is 0 Å². The number of carboxylic acid groups (broad SMARTS) is 1. The SMILES string of the molecule is CC1Cc2c(CC(=O)O)cccc2N1C(=O)c1ccc(OCCc2ccccc2)cc1. The van der Waals surface area contributed by atoms with Gasteiger partial charge in [-0.15, -0.1) is 0 Å². The van der Waals surface area contributed by atoms with Gasteiger partial charge in [-0.1, -0.05) is 42.5 Å². The maximum absolute atomic E-state index is 13.2. The van der Waals surface area contributed by atoms with Gasteiger partial charge >= 0.3 is 5.97 Å². The molecule has 3 aromatic carbocycles. The number of nitrogens with zero attached hydrogens (tertiary/aromatic N) is 1. The lowest BCUT2D eigenvalue weighted by atomic mass is 10.0. The molecule has 158 valence electrons. The van der Waals surface area contributed by atoms with Crippen LogP contribution in [0.3, 0.4) is 0 Å². The second-order valence-electron chi connectivity index (χ2n) is 7.82. The molecule has 31 heavy (non-hydrogen) atoms. The number of hydrogen-bond donors (Lipinski definition) is 1. The van der Waals surface area contributed by atoms with Gasteiger partial charge in [0.25, 0.3) is 5.91 Å². The summed E-state index contributed by atoms with van der Waals surface area (Å²) in [6.45, 7) is 2.56. The first-order valence-corrected chi connectivity index (χ1v) is 10.5. The largest absolute Gasteiger partial charge is 0.493 e. The van der Waals surface area contributed by atoms with E-state index in [9.17, 15) is 14.7 Å². The molecular weight excluding hydrogens is 390 g/mol. The van der Waals surface area contributed by atoms with E-state index in [1.807, 2.05) is 55.5 Å². The van der Waals surface area contributed by atoms with Crippen LogP contribution in [0.15, 0.2) is 72.8 Å². The van der Waals surface area contributed by atoms with Crippen LogP contribution in [0.25, 0.3) is 0 Å². The van der Waals surface area contributed by atoms with Gasteiger partial charge in [-0.3, -0.25) is 9.59 Å². The predicted octanol–water partition coefficient (Wildman–Crippen LogP) is 4.53. The molecule has 0 fully saturated rings. The molecule has 4 rings (SSSR count). The van der Waals surface area contributed by atoms with E-state index in [1.54, 1.807) is 17.0 Å². The minimum Gasteiger partial charge on any atom is -0.493 e. The highest BCUT2D eigenvalue weighted by Crippen LogP contribution is 2.36. The van der Waals surface area contributed by atoms with E-state index in [4.69, 9.17) is 4.74 Å². The Morgan fingerprint density at radius 1 is 1.00 bits per heavy atom. The van der Waals surface area contributed by atoms with Crippen molar-refractivity contribution in [2.45, 2.75) is 32.2 Å². The first kappa shape index (κ1) is 20.7. The first-order valence-electron chi connectivity index (χ1n) is 10.5. The van der Waals surface area contributed by atoms with E-state index >= 15 is 0 Å². The zero-order chi connectivity index (χ0) is 21.8. The van der Waals surface area contributed by atoms with Crippen molar-refractivity contribution in [1.82, 2.24) is 0 Å². The summed E-state index contributed by atoms with van der Waals surface area (Å²) in [6, 6.07) is 22.9. The summed E-state index contributed by atoms with van der Waals surface area (Å²) in [4.78, 5) is 26.2. The molecule has 1 atom stereocenters. The van der Waals surface area contributed by atoms with Crippen LogP contribution < -0.4 is 9.64 Å². The highest BCUT2D eigenvalue weighted by molar-refractivity contribution is 6.08. The topological polar surface area (TPSA) is 66.8 Å². The second-order valence-corrected chi connectivity index (χ2v) is 7.82. The molecule has 0 aromatic heterocycles. The minimum absolute atomic E-state index is 0.0285. The number of fused-ring (bicyclic) bond motifs is 1. The van der Waals surface area contributed by atoms with Gasteiger partial charge in [0.2, 0.25) is 0 Å². The van der Waals surface area contributed by atoms with Crippen molar-refractivity contribution in [3.63, 3.8) is 0 Å². The number of anilines is 1. The molecule has 3 aromatic rings. The maximum Gasteiger partial charge on any atom is 0.307 e. The summed E-state index contributed by atoms with van der Waals surface area (Å²) in [7, 11) is 0. The number of amides is 1. The lowest BCUT2D eigenvalue weighted by Crippen LogP contribution is -2.35. The summed E-state index contributed by atoms with van der Waals surface area (Å²) < 4.78 is 5.82. The second kappa shape index (κ2) is 9.04. The van der Waals surface area contributed by atoms with Gasteiger partial charge in [0.05, 0.1) is 13.0 Å². The first-order chi connectivity index (χ1) is 15.0. The van der Waals surface area contributed by atoms with Crippen LogP contribution in [0.5, 0.6) is 5.75 Å². The van der Waals surface area contributed by atoms with Gasteiger partial charge < -0.3 is 14.7 Å². The van der Waals surface area contributed by atoms with Gasteiger partial charge in [-0.25, -0.2) is 0 Å². The Morgan fingerprint density at radius 2 is 1.74 bits per heavy atom. The van der Waals surface area contributed by atoms with Crippen LogP contribution in [0.1, 0.15) is 34.0 Å². The van der Waals surface area contributed by atoms with Crippen LogP contribution in [-0.4, -0.2) is 29.6 Å². The molecular formula is C26H25NO4. The van der Waals surface area contributed by atoms with Crippen molar-refractivity contribution in [2.75, 3.05) is 11.5 Å². The number of carbonyl (C=O) groups excluding carboxylic acids is 1. The van der Waals surface area contributed by atoms with Crippen LogP contribution in [0.4, 0.5) is 5.69 Å². The number of rotatable bonds is 7. The van der Waals surface area contributed by atoms with Crippen LogP contribution in [0, 0.1) is 0 Å². The molecule has 0 aliphatic carbocycles. The summed E-state index contributed by atoms with van der Waals surface area (Å²) in [5.74, 6) is -0.227. The van der Waals surface area contributed by atoms with Crippen molar-refractivity contribution in [3.05, 3.63) is 95.1 Å². The summed E-state index contributed by atoms with van der Waals surface area (Å²) in [5.41, 5.74) is 4.33. The molecule has 0 spiro atoms. The summed E-state index contributed by atoms with van der Waals surface area (Å²) in [5, 5.41) is 9.18. The molecule has 1 N–H and O–H groups in total. The standard InChI is InChI=1S/C26H25NO4/c1-18-16-23-21(17-25(28)29)8-5-9-24(23)27(18)26(30)20-10-12-22(13-11-20)31-15-14-19-6-3-2-4-7-19/h2-13,18H,14-17H2,1H3,(H,28,29). The lowest BCUT2D eigenvalue weighted by Gasteiger charge is -2.23. The molecule has 0 saturated carbocycles. The summed E-state index contributed by atoms with van der Waals surface area (Å²) >= 11 is 0. The Kier molecular flexibility index (Phi) is 6.03. The Hall–Kier alpha value is -3.60. The number of carboxylic acids is 1. The number of carbonyl (C=O) groups is 2. The van der Waals surface area contributed by atoms with E-state index < -0.39 is 5.97 Å². The molecule has 1 aliphatic rings. The quantitative estimate of drug-likeness (QED) is 0.616. The number of benzene rings is 3. The van der Waals surface area contributed by atoms with E-state index in [0.717, 1.165) is 29.0 Å². The average Bonchev–Trinajstić information content (AvgIpc) is 3.11. The Bertz CT molecular complexity index is 1080. The van der Waals surface area contributed by atoms with Crippen molar-refractivity contribution in [3.8, 4) is 5.75 Å². The molecule has 1 amide bonds. The third-order valence-electron chi connectivity index (χ3n) is 5.61. The van der Waals surface area contributed by atoms with Crippen molar-refractivity contribution >= 4 is 17.6 Å². The van der Waals surface area contributed by atoms with Gasteiger partial charge in [0, 0.05) is 23.7 Å². The normalized spacial score (nSPS) is 14.9. The number of hydrogen-bond acceptors (Lipinski definition) is 3. The third kappa shape index (κ3) is 4.61. The minimum atomic E-state index is -0.867. The van der Waals surface area contributed by atoms with Crippen molar-refractivity contribution in [1.29, 1.82) is 0 Å². The monoisotopic (exact) mass is 415 g/mol. The van der Waals surface area contributed by atoms with Crippen LogP contribution in [-0.2, 0) is 24.1 Å². The molecule has 0 bridgehead atoms.